The molecule has 1 atom stereocenters. The predicted molar refractivity (Wildman–Crippen MR) is 72.5 cm³/mol. The first-order valence-corrected chi connectivity index (χ1v) is 6.67. The summed E-state index contributed by atoms with van der Waals surface area (Å²) < 4.78 is 38.4. The summed E-state index contributed by atoms with van der Waals surface area (Å²) in [5, 5.41) is 2.77. The molecular weight excluding hydrogens is 285 g/mol. The van der Waals surface area contributed by atoms with Crippen LogP contribution in [0.1, 0.15) is 26.6 Å². The van der Waals surface area contributed by atoms with Crippen LogP contribution < -0.4 is 5.32 Å². The second-order valence-electron chi connectivity index (χ2n) is 5.34. The molecule has 1 aromatic heterocycles. The van der Waals surface area contributed by atoms with E-state index in [1.54, 1.807) is 18.9 Å². The Balaban J connectivity index is 2.69. The fourth-order valence-corrected chi connectivity index (χ4v) is 1.79. The van der Waals surface area contributed by atoms with Gasteiger partial charge in [0.15, 0.2) is 0 Å². The first kappa shape index (κ1) is 17.5. The van der Waals surface area contributed by atoms with Crippen molar-refractivity contribution in [3.8, 4) is 0 Å². The summed E-state index contributed by atoms with van der Waals surface area (Å²) in [6, 6.07) is -0.441. The van der Waals surface area contributed by atoms with Gasteiger partial charge in [-0.1, -0.05) is 0 Å². The zero-order valence-electron chi connectivity index (χ0n) is 12.6. The van der Waals surface area contributed by atoms with Gasteiger partial charge in [-0.25, -0.2) is 4.98 Å². The molecule has 1 N–H and O–H groups in total. The molecule has 0 aliphatic carbocycles. The van der Waals surface area contributed by atoms with Gasteiger partial charge < -0.3 is 9.88 Å². The Morgan fingerprint density at radius 3 is 2.57 bits per heavy atom. The number of rotatable bonds is 6. The summed E-state index contributed by atoms with van der Waals surface area (Å²) in [5.74, 6) is 0.112. The summed E-state index contributed by atoms with van der Waals surface area (Å²) in [6.07, 6.45) is -1.68. The van der Waals surface area contributed by atoms with E-state index in [2.05, 4.69) is 10.3 Å². The maximum atomic E-state index is 12.4. The number of alkyl halides is 3. The van der Waals surface area contributed by atoms with E-state index in [0.29, 0.717) is 0 Å². The number of hydrogen-bond donors (Lipinski definition) is 1. The van der Waals surface area contributed by atoms with Crippen molar-refractivity contribution in [1.29, 1.82) is 0 Å². The minimum absolute atomic E-state index is 0.0144. The number of likely N-dealkylation sites (N-methyl/N-ethyl adjacent to an activating group) is 1. The lowest BCUT2D eigenvalue weighted by molar-refractivity contribution is -0.141. The summed E-state index contributed by atoms with van der Waals surface area (Å²) in [6.45, 7) is 4.48. The number of nitrogens with zero attached hydrogens (tertiary/aromatic N) is 3. The highest BCUT2D eigenvalue weighted by atomic mass is 19.4. The Hall–Kier alpha value is -1.57. The highest BCUT2D eigenvalue weighted by Gasteiger charge is 2.29. The zero-order chi connectivity index (χ0) is 16.2. The molecule has 21 heavy (non-hydrogen) atoms. The van der Waals surface area contributed by atoms with Gasteiger partial charge in [-0.15, -0.1) is 0 Å². The van der Waals surface area contributed by atoms with E-state index < -0.39 is 18.8 Å². The van der Waals surface area contributed by atoms with Crippen molar-refractivity contribution in [2.75, 3.05) is 7.05 Å². The molecule has 1 unspecified atom stereocenters. The molecule has 5 nitrogen and oxygen atoms in total. The predicted octanol–water partition coefficient (Wildman–Crippen LogP) is 1.79. The topological polar surface area (TPSA) is 50.2 Å². The molecule has 1 rings (SSSR count). The third kappa shape index (κ3) is 5.74. The molecule has 0 fully saturated rings. The number of carbonyl (C=O) groups is 1. The number of halogens is 3. The molecule has 0 saturated carbocycles. The average molecular weight is 306 g/mol. The molecule has 1 amide bonds. The molecule has 1 aromatic rings. The van der Waals surface area contributed by atoms with Crippen molar-refractivity contribution in [3.63, 3.8) is 0 Å². The molecule has 1 heterocycles. The number of hydrogen-bond acceptors (Lipinski definition) is 3. The van der Waals surface area contributed by atoms with Crippen LogP contribution in [0.15, 0.2) is 12.4 Å². The van der Waals surface area contributed by atoms with Crippen LogP contribution in [0.3, 0.4) is 0 Å². The quantitative estimate of drug-likeness (QED) is 0.872. The largest absolute Gasteiger partial charge is 0.406 e. The van der Waals surface area contributed by atoms with Gasteiger partial charge in [-0.3, -0.25) is 9.69 Å². The van der Waals surface area contributed by atoms with Crippen molar-refractivity contribution in [3.05, 3.63) is 18.2 Å². The van der Waals surface area contributed by atoms with Crippen LogP contribution in [0.4, 0.5) is 13.2 Å². The Morgan fingerprint density at radius 1 is 1.43 bits per heavy atom. The molecule has 0 aliphatic rings. The standard InChI is InChI=1S/C13H21F3N4O/c1-9(2)18-12(21)10(3)19(4)7-11-17-5-6-20(11)8-13(14,15)16/h5-6,9-10H,7-8H2,1-4H3,(H,18,21). The highest BCUT2D eigenvalue weighted by molar-refractivity contribution is 5.81. The summed E-state index contributed by atoms with van der Waals surface area (Å²) in [7, 11) is 1.68. The molecule has 0 aromatic carbocycles. The normalized spacial score (nSPS) is 13.8. The van der Waals surface area contributed by atoms with Crippen molar-refractivity contribution >= 4 is 5.91 Å². The van der Waals surface area contributed by atoms with Crippen LogP contribution in [0.5, 0.6) is 0 Å². The van der Waals surface area contributed by atoms with Gasteiger partial charge in [0.25, 0.3) is 0 Å². The highest BCUT2D eigenvalue weighted by Crippen LogP contribution is 2.18. The van der Waals surface area contributed by atoms with E-state index in [4.69, 9.17) is 0 Å². The van der Waals surface area contributed by atoms with Crippen LogP contribution in [0, 0.1) is 0 Å². The van der Waals surface area contributed by atoms with Gasteiger partial charge in [0, 0.05) is 18.4 Å². The van der Waals surface area contributed by atoms with Gasteiger partial charge in [-0.05, 0) is 27.8 Å². The number of carbonyl (C=O) groups excluding carboxylic acids is 1. The molecule has 0 radical (unpaired) electrons. The Bertz CT molecular complexity index is 470. The number of imidazole rings is 1. The van der Waals surface area contributed by atoms with Crippen molar-refractivity contribution < 1.29 is 18.0 Å². The van der Waals surface area contributed by atoms with E-state index in [0.717, 1.165) is 4.57 Å². The van der Waals surface area contributed by atoms with Crippen LogP contribution >= 0.6 is 0 Å². The van der Waals surface area contributed by atoms with Crippen LogP contribution in [-0.4, -0.2) is 45.7 Å². The van der Waals surface area contributed by atoms with E-state index in [-0.39, 0.29) is 24.3 Å². The SMILES string of the molecule is CC(C)NC(=O)C(C)N(C)Cc1nccn1CC(F)(F)F. The second kappa shape index (κ2) is 6.93. The fourth-order valence-electron chi connectivity index (χ4n) is 1.79. The third-order valence-corrected chi connectivity index (χ3v) is 3.01. The molecule has 8 heteroatoms. The van der Waals surface area contributed by atoms with Crippen LogP contribution in [0.2, 0.25) is 0 Å². The minimum atomic E-state index is -4.30. The number of nitrogens with one attached hydrogen (secondary N) is 1. The average Bonchev–Trinajstić information content (AvgIpc) is 2.72. The second-order valence-corrected chi connectivity index (χ2v) is 5.34. The monoisotopic (exact) mass is 306 g/mol. The smallest absolute Gasteiger partial charge is 0.353 e. The Labute approximate surface area is 122 Å². The molecule has 0 bridgehead atoms. The molecule has 120 valence electrons. The summed E-state index contributed by atoms with van der Waals surface area (Å²) >= 11 is 0. The van der Waals surface area contributed by atoms with Crippen molar-refractivity contribution in [2.45, 2.75) is 52.1 Å². The Morgan fingerprint density at radius 2 is 2.05 bits per heavy atom. The Kier molecular flexibility index (Phi) is 5.77. The maximum absolute atomic E-state index is 12.4. The summed E-state index contributed by atoms with van der Waals surface area (Å²) in [5.41, 5.74) is 0. The minimum Gasteiger partial charge on any atom is -0.353 e. The van der Waals surface area contributed by atoms with E-state index in [9.17, 15) is 18.0 Å². The molecule has 0 aliphatic heterocycles. The van der Waals surface area contributed by atoms with Crippen LogP contribution in [0.25, 0.3) is 0 Å². The van der Waals surface area contributed by atoms with Crippen molar-refractivity contribution in [1.82, 2.24) is 19.8 Å². The number of aromatic nitrogens is 2. The molecule has 0 spiro atoms. The van der Waals surface area contributed by atoms with Crippen LogP contribution in [-0.2, 0) is 17.9 Å². The van der Waals surface area contributed by atoms with Gasteiger partial charge in [0.05, 0.1) is 12.6 Å². The van der Waals surface area contributed by atoms with Gasteiger partial charge in [-0.2, -0.15) is 13.2 Å². The van der Waals surface area contributed by atoms with Crippen molar-refractivity contribution in [2.24, 2.45) is 0 Å². The van der Waals surface area contributed by atoms with E-state index >= 15 is 0 Å². The first-order chi connectivity index (χ1) is 9.60. The molecular formula is C13H21F3N4O. The van der Waals surface area contributed by atoms with Gasteiger partial charge >= 0.3 is 6.18 Å². The maximum Gasteiger partial charge on any atom is 0.406 e. The zero-order valence-corrected chi connectivity index (χ0v) is 12.6. The first-order valence-electron chi connectivity index (χ1n) is 6.67. The molecule has 0 saturated heterocycles. The van der Waals surface area contributed by atoms with E-state index in [1.807, 2.05) is 13.8 Å². The lowest BCUT2D eigenvalue weighted by Crippen LogP contribution is -2.45. The number of amides is 1. The van der Waals surface area contributed by atoms with Gasteiger partial charge in [0.1, 0.15) is 12.4 Å². The fraction of sp³-hybridized carbons (Fsp3) is 0.692. The van der Waals surface area contributed by atoms with Gasteiger partial charge in [0.2, 0.25) is 5.91 Å². The summed E-state index contributed by atoms with van der Waals surface area (Å²) in [4.78, 5) is 17.5. The van der Waals surface area contributed by atoms with E-state index in [1.165, 1.54) is 12.4 Å². The lowest BCUT2D eigenvalue weighted by atomic mass is 10.2. The third-order valence-electron chi connectivity index (χ3n) is 3.01. The lowest BCUT2D eigenvalue weighted by Gasteiger charge is -2.25.